The number of thiazole rings is 1. The zero-order chi connectivity index (χ0) is 25.6. The number of carbonyl (C=O) groups is 1. The van der Waals surface area contributed by atoms with Crippen molar-refractivity contribution in [3.05, 3.63) is 64.3 Å². The first-order valence-corrected chi connectivity index (χ1v) is 13.2. The number of aromatic nitrogens is 3. The smallest absolute Gasteiger partial charge is 0.248 e. The van der Waals surface area contributed by atoms with Crippen LogP contribution in [-0.2, 0) is 11.4 Å². The highest BCUT2D eigenvalue weighted by Gasteiger charge is 2.24. The maximum atomic E-state index is 11.9. The largest absolute Gasteiger partial charge is 0.492 e. The summed E-state index contributed by atoms with van der Waals surface area (Å²) in [5, 5.41) is 15.7. The molecule has 192 valence electrons. The summed E-state index contributed by atoms with van der Waals surface area (Å²) in [7, 11) is 0. The molecule has 11 heteroatoms. The molecule has 0 radical (unpaired) electrons. The van der Waals surface area contributed by atoms with Crippen molar-refractivity contribution in [2.75, 3.05) is 31.6 Å². The highest BCUT2D eigenvalue weighted by atomic mass is 35.5. The maximum Gasteiger partial charge on any atom is 0.248 e. The Hall–Kier alpha value is -3.47. The number of anilines is 2. The SMILES string of the molecule is O=C(CO)N1CCC[C@@H](COc2cccc3ncnc(Nc4ccc(OCc5cscn5)c(Cl)c4)c23)C1. The molecule has 37 heavy (non-hydrogen) atoms. The van der Waals surface area contributed by atoms with E-state index in [-0.39, 0.29) is 11.8 Å². The van der Waals surface area contributed by atoms with Gasteiger partial charge < -0.3 is 24.8 Å². The van der Waals surface area contributed by atoms with Gasteiger partial charge in [-0.2, -0.15) is 0 Å². The van der Waals surface area contributed by atoms with E-state index < -0.39 is 6.61 Å². The second-order valence-corrected chi connectivity index (χ2v) is 9.85. The Morgan fingerprint density at radius 2 is 2.11 bits per heavy atom. The number of hydrogen-bond acceptors (Lipinski definition) is 9. The van der Waals surface area contributed by atoms with E-state index in [9.17, 15) is 9.90 Å². The number of aliphatic hydroxyl groups is 1. The fourth-order valence-electron chi connectivity index (χ4n) is 4.32. The number of piperidine rings is 1. The quantitative estimate of drug-likeness (QED) is 0.316. The van der Waals surface area contributed by atoms with Crippen LogP contribution in [0.1, 0.15) is 18.5 Å². The number of aliphatic hydroxyl groups excluding tert-OH is 1. The first kappa shape index (κ1) is 25.2. The van der Waals surface area contributed by atoms with Gasteiger partial charge >= 0.3 is 0 Å². The second kappa shape index (κ2) is 11.7. The van der Waals surface area contributed by atoms with E-state index in [1.165, 1.54) is 17.7 Å². The normalized spacial score (nSPS) is 15.5. The summed E-state index contributed by atoms with van der Waals surface area (Å²) < 4.78 is 12.0. The molecule has 0 aliphatic carbocycles. The topological polar surface area (TPSA) is 110 Å². The van der Waals surface area contributed by atoms with Gasteiger partial charge in [0, 0.05) is 30.1 Å². The summed E-state index contributed by atoms with van der Waals surface area (Å²) in [4.78, 5) is 26.7. The summed E-state index contributed by atoms with van der Waals surface area (Å²) >= 11 is 8.00. The van der Waals surface area contributed by atoms with Crippen molar-refractivity contribution in [1.82, 2.24) is 19.9 Å². The lowest BCUT2D eigenvalue weighted by atomic mass is 9.99. The molecule has 1 aliphatic heterocycles. The fourth-order valence-corrected chi connectivity index (χ4v) is 5.10. The summed E-state index contributed by atoms with van der Waals surface area (Å²) in [5.41, 5.74) is 4.10. The number of carbonyl (C=O) groups excluding carboxylic acids is 1. The molecular weight excluding hydrogens is 514 g/mol. The molecule has 9 nitrogen and oxygen atoms in total. The Balaban J connectivity index is 1.31. The third kappa shape index (κ3) is 6.10. The van der Waals surface area contributed by atoms with E-state index in [1.807, 2.05) is 29.6 Å². The van der Waals surface area contributed by atoms with Crippen LogP contribution < -0.4 is 14.8 Å². The number of likely N-dealkylation sites (tertiary alicyclic amines) is 1. The van der Waals surface area contributed by atoms with Crippen LogP contribution in [-0.4, -0.2) is 57.2 Å². The number of nitrogens with one attached hydrogen (secondary N) is 1. The van der Waals surface area contributed by atoms with Gasteiger partial charge in [0.2, 0.25) is 5.91 Å². The molecule has 4 aromatic rings. The molecule has 1 atom stereocenters. The van der Waals surface area contributed by atoms with Crippen molar-refractivity contribution in [3.63, 3.8) is 0 Å². The third-order valence-corrected chi connectivity index (χ3v) is 7.09. The van der Waals surface area contributed by atoms with Crippen molar-refractivity contribution in [2.24, 2.45) is 5.92 Å². The average Bonchev–Trinajstić information content (AvgIpc) is 3.45. The van der Waals surface area contributed by atoms with E-state index in [4.69, 9.17) is 21.1 Å². The Labute approximate surface area is 223 Å². The van der Waals surface area contributed by atoms with Crippen LogP contribution in [0.25, 0.3) is 10.9 Å². The van der Waals surface area contributed by atoms with Crippen LogP contribution >= 0.6 is 22.9 Å². The summed E-state index contributed by atoms with van der Waals surface area (Å²) in [6.07, 6.45) is 3.34. The molecule has 0 bridgehead atoms. The summed E-state index contributed by atoms with van der Waals surface area (Å²) in [6.45, 7) is 1.57. The van der Waals surface area contributed by atoms with E-state index in [1.54, 1.807) is 22.5 Å². The van der Waals surface area contributed by atoms with Gasteiger partial charge in [0.15, 0.2) is 0 Å². The van der Waals surface area contributed by atoms with E-state index in [0.717, 1.165) is 35.1 Å². The lowest BCUT2D eigenvalue weighted by molar-refractivity contribution is -0.136. The molecule has 1 aliphatic rings. The van der Waals surface area contributed by atoms with Crippen LogP contribution in [0.5, 0.6) is 11.5 Å². The Kier molecular flexibility index (Phi) is 7.98. The number of fused-ring (bicyclic) bond motifs is 1. The Morgan fingerprint density at radius 1 is 1.19 bits per heavy atom. The zero-order valence-corrected chi connectivity index (χ0v) is 21.5. The highest BCUT2D eigenvalue weighted by Crippen LogP contribution is 2.34. The molecule has 0 unspecified atom stereocenters. The number of amides is 1. The van der Waals surface area contributed by atoms with Crippen LogP contribution in [0, 0.1) is 5.92 Å². The van der Waals surface area contributed by atoms with Crippen LogP contribution in [0.3, 0.4) is 0 Å². The van der Waals surface area contributed by atoms with Gasteiger partial charge in [0.05, 0.1) is 33.7 Å². The number of nitrogens with zero attached hydrogens (tertiary/aromatic N) is 4. The van der Waals surface area contributed by atoms with Gasteiger partial charge in [-0.15, -0.1) is 11.3 Å². The number of benzene rings is 2. The van der Waals surface area contributed by atoms with Crippen LogP contribution in [0.4, 0.5) is 11.5 Å². The Morgan fingerprint density at radius 3 is 2.92 bits per heavy atom. The lowest BCUT2D eigenvalue weighted by Gasteiger charge is -2.32. The van der Waals surface area contributed by atoms with Gasteiger partial charge in [-0.05, 0) is 43.2 Å². The van der Waals surface area contributed by atoms with Crippen molar-refractivity contribution < 1.29 is 19.4 Å². The molecule has 0 saturated carbocycles. The first-order valence-electron chi connectivity index (χ1n) is 11.9. The van der Waals surface area contributed by atoms with Gasteiger partial charge in [0.25, 0.3) is 0 Å². The van der Waals surface area contributed by atoms with Gasteiger partial charge in [-0.3, -0.25) is 4.79 Å². The number of rotatable bonds is 9. The maximum absolute atomic E-state index is 11.9. The van der Waals surface area contributed by atoms with Crippen molar-refractivity contribution in [1.29, 1.82) is 0 Å². The minimum atomic E-state index is -0.466. The first-order chi connectivity index (χ1) is 18.1. The molecule has 3 heterocycles. The monoisotopic (exact) mass is 539 g/mol. The van der Waals surface area contributed by atoms with Crippen LogP contribution in [0.2, 0.25) is 5.02 Å². The average molecular weight is 540 g/mol. The Bertz CT molecular complexity index is 1370. The number of ether oxygens (including phenoxy) is 2. The highest BCUT2D eigenvalue weighted by molar-refractivity contribution is 7.07. The van der Waals surface area contributed by atoms with Gasteiger partial charge in [-0.1, -0.05) is 17.7 Å². The molecule has 0 spiro atoms. The molecular formula is C26H26ClN5O4S. The summed E-state index contributed by atoms with van der Waals surface area (Å²) in [6, 6.07) is 11.1. The third-order valence-electron chi connectivity index (χ3n) is 6.16. The molecule has 1 amide bonds. The molecule has 1 fully saturated rings. The van der Waals surface area contributed by atoms with Crippen molar-refractivity contribution in [3.8, 4) is 11.5 Å². The van der Waals surface area contributed by atoms with E-state index >= 15 is 0 Å². The second-order valence-electron chi connectivity index (χ2n) is 8.73. The molecule has 2 aromatic carbocycles. The van der Waals surface area contributed by atoms with Gasteiger partial charge in [0.1, 0.15) is 36.9 Å². The molecule has 2 aromatic heterocycles. The standard InChI is InChI=1S/C26H26ClN5O4S/c27-20-9-18(6-7-22(20)36-13-19-14-37-16-30-19)31-26-25-21(28-15-29-26)4-1-5-23(25)35-12-17-3-2-8-32(10-17)24(34)11-33/h1,4-7,9,14-17,33H,2-3,8,10-13H2,(H,28,29,31)/t17-/m1/s1. The summed E-state index contributed by atoms with van der Waals surface area (Å²) in [5.74, 6) is 1.75. The molecule has 1 saturated heterocycles. The zero-order valence-electron chi connectivity index (χ0n) is 20.0. The van der Waals surface area contributed by atoms with Crippen molar-refractivity contribution >= 4 is 51.3 Å². The molecule has 5 rings (SSSR count). The van der Waals surface area contributed by atoms with E-state index in [0.29, 0.717) is 48.6 Å². The number of hydrogen-bond donors (Lipinski definition) is 2. The predicted octanol–water partition coefficient (Wildman–Crippen LogP) is 4.67. The van der Waals surface area contributed by atoms with Crippen molar-refractivity contribution in [2.45, 2.75) is 19.4 Å². The predicted molar refractivity (Wildman–Crippen MR) is 143 cm³/mol. The molecule has 2 N–H and O–H groups in total. The lowest BCUT2D eigenvalue weighted by Crippen LogP contribution is -2.42. The van der Waals surface area contributed by atoms with E-state index in [2.05, 4.69) is 20.3 Å². The fraction of sp³-hybridized carbons (Fsp3) is 0.308. The van der Waals surface area contributed by atoms with Gasteiger partial charge in [-0.25, -0.2) is 15.0 Å². The minimum absolute atomic E-state index is 0.177. The number of halogens is 1. The van der Waals surface area contributed by atoms with Crippen LogP contribution in [0.15, 0.2) is 53.6 Å². The minimum Gasteiger partial charge on any atom is -0.492 e.